The Bertz CT molecular complexity index is 1090. The number of aromatic nitrogens is 4. The fraction of sp³-hybridized carbons (Fsp3) is 0.190. The fourth-order valence-electron chi connectivity index (χ4n) is 3.26. The quantitative estimate of drug-likeness (QED) is 0.596. The maximum atomic E-state index is 12.5. The van der Waals surface area contributed by atoms with E-state index in [0.717, 1.165) is 28.0 Å². The average Bonchev–Trinajstić information content (AvgIpc) is 3.25. The van der Waals surface area contributed by atoms with Crippen molar-refractivity contribution in [1.29, 1.82) is 0 Å². The van der Waals surface area contributed by atoms with Crippen molar-refractivity contribution in [2.24, 2.45) is 7.05 Å². The average molecular weight is 359 g/mol. The molecule has 6 heteroatoms. The van der Waals surface area contributed by atoms with E-state index in [2.05, 4.69) is 40.5 Å². The molecule has 0 saturated heterocycles. The van der Waals surface area contributed by atoms with Crippen LogP contribution in [0.25, 0.3) is 22.3 Å². The van der Waals surface area contributed by atoms with Crippen molar-refractivity contribution < 1.29 is 4.79 Å². The highest BCUT2D eigenvalue weighted by atomic mass is 16.1. The topological polar surface area (TPSA) is 64.7 Å². The number of nitrogens with one attached hydrogen (secondary N) is 1. The van der Waals surface area contributed by atoms with Crippen LogP contribution in [0.5, 0.6) is 0 Å². The lowest BCUT2D eigenvalue weighted by Gasteiger charge is -2.08. The maximum Gasteiger partial charge on any atom is 0.240 e. The zero-order valence-electron chi connectivity index (χ0n) is 15.4. The largest absolute Gasteiger partial charge is 0.349 e. The van der Waals surface area contributed by atoms with E-state index in [1.165, 1.54) is 5.56 Å². The van der Waals surface area contributed by atoms with Gasteiger partial charge in [-0.3, -0.25) is 9.48 Å². The molecule has 0 bridgehead atoms. The monoisotopic (exact) mass is 359 g/mol. The molecule has 0 aliphatic carbocycles. The number of hydrogen-bond acceptors (Lipinski definition) is 3. The number of imidazole rings is 1. The summed E-state index contributed by atoms with van der Waals surface area (Å²) in [4.78, 5) is 16.9. The van der Waals surface area contributed by atoms with E-state index >= 15 is 0 Å². The van der Waals surface area contributed by atoms with Gasteiger partial charge in [-0.2, -0.15) is 5.10 Å². The van der Waals surface area contributed by atoms with Crippen LogP contribution in [-0.2, 0) is 24.9 Å². The summed E-state index contributed by atoms with van der Waals surface area (Å²) in [6.07, 6.45) is 3.53. The Kier molecular flexibility index (Phi) is 4.46. The molecule has 0 radical (unpaired) electrons. The first-order valence-corrected chi connectivity index (χ1v) is 8.87. The summed E-state index contributed by atoms with van der Waals surface area (Å²) < 4.78 is 3.70. The molecule has 1 N–H and O–H groups in total. The summed E-state index contributed by atoms with van der Waals surface area (Å²) in [5.74, 6) is 0.710. The maximum absolute atomic E-state index is 12.5. The molecule has 6 nitrogen and oxygen atoms in total. The molecular formula is C21H21N5O. The van der Waals surface area contributed by atoms with Gasteiger partial charge in [-0.05, 0) is 19.1 Å². The van der Waals surface area contributed by atoms with E-state index < -0.39 is 0 Å². The third-order valence-electron chi connectivity index (χ3n) is 4.60. The van der Waals surface area contributed by atoms with Crippen LogP contribution in [0.2, 0.25) is 0 Å². The van der Waals surface area contributed by atoms with Crippen LogP contribution in [0, 0.1) is 6.92 Å². The van der Waals surface area contributed by atoms with E-state index in [1.54, 1.807) is 6.20 Å². The van der Waals surface area contributed by atoms with Crippen molar-refractivity contribution >= 4 is 16.8 Å². The minimum absolute atomic E-state index is 0.0726. The van der Waals surface area contributed by atoms with Gasteiger partial charge >= 0.3 is 0 Å². The summed E-state index contributed by atoms with van der Waals surface area (Å²) in [5, 5.41) is 8.60. The summed E-state index contributed by atoms with van der Waals surface area (Å²) in [6, 6.07) is 16.1. The third-order valence-corrected chi connectivity index (χ3v) is 4.60. The second kappa shape index (κ2) is 7.07. The molecule has 0 atom stereocenters. The molecule has 0 unspecified atom stereocenters. The Labute approximate surface area is 157 Å². The molecular weight excluding hydrogens is 338 g/mol. The molecule has 27 heavy (non-hydrogen) atoms. The number of carbonyl (C=O) groups is 1. The lowest BCUT2D eigenvalue weighted by Crippen LogP contribution is -2.27. The number of aryl methyl sites for hydroxylation is 2. The number of rotatable bonds is 5. The first kappa shape index (κ1) is 17.0. The molecule has 4 rings (SSSR count). The fourth-order valence-corrected chi connectivity index (χ4v) is 3.26. The van der Waals surface area contributed by atoms with Gasteiger partial charge in [0.1, 0.15) is 12.4 Å². The lowest BCUT2D eigenvalue weighted by molar-refractivity contribution is -0.121. The molecule has 2 heterocycles. The highest BCUT2D eigenvalue weighted by Crippen LogP contribution is 2.20. The number of amides is 1. The van der Waals surface area contributed by atoms with Gasteiger partial charge in [0.2, 0.25) is 5.91 Å². The van der Waals surface area contributed by atoms with E-state index in [1.807, 2.05) is 52.8 Å². The SMILES string of the molecule is Cc1ccc2c(c1)c(CNC(=O)Cn1ccnc1-c1ccccc1)nn2C. The summed E-state index contributed by atoms with van der Waals surface area (Å²) >= 11 is 0. The number of hydrogen-bond donors (Lipinski definition) is 1. The van der Waals surface area contributed by atoms with Crippen LogP contribution in [0.3, 0.4) is 0 Å². The van der Waals surface area contributed by atoms with E-state index in [0.29, 0.717) is 6.54 Å². The first-order valence-electron chi connectivity index (χ1n) is 8.87. The smallest absolute Gasteiger partial charge is 0.240 e. The van der Waals surface area contributed by atoms with Gasteiger partial charge in [0.25, 0.3) is 0 Å². The predicted molar refractivity (Wildman–Crippen MR) is 105 cm³/mol. The second-order valence-corrected chi connectivity index (χ2v) is 6.61. The third kappa shape index (κ3) is 3.46. The van der Waals surface area contributed by atoms with Crippen LogP contribution < -0.4 is 5.32 Å². The van der Waals surface area contributed by atoms with Crippen LogP contribution >= 0.6 is 0 Å². The predicted octanol–water partition coefficient (Wildman–Crippen LogP) is 3.06. The Morgan fingerprint density at radius 1 is 1.15 bits per heavy atom. The zero-order valence-corrected chi connectivity index (χ0v) is 15.4. The van der Waals surface area contributed by atoms with Crippen LogP contribution in [0.4, 0.5) is 0 Å². The molecule has 0 spiro atoms. The van der Waals surface area contributed by atoms with Gasteiger partial charge in [-0.15, -0.1) is 0 Å². The Hall–Kier alpha value is -3.41. The van der Waals surface area contributed by atoms with E-state index in [9.17, 15) is 4.79 Å². The number of carbonyl (C=O) groups excluding carboxylic acids is 1. The highest BCUT2D eigenvalue weighted by molar-refractivity contribution is 5.83. The molecule has 136 valence electrons. The number of fused-ring (bicyclic) bond motifs is 1. The number of benzene rings is 2. The Morgan fingerprint density at radius 3 is 2.78 bits per heavy atom. The molecule has 2 aromatic heterocycles. The normalized spacial score (nSPS) is 11.0. The minimum Gasteiger partial charge on any atom is -0.349 e. The zero-order chi connectivity index (χ0) is 18.8. The van der Waals surface area contributed by atoms with Gasteiger partial charge < -0.3 is 9.88 Å². The molecule has 1 amide bonds. The van der Waals surface area contributed by atoms with Crippen molar-refractivity contribution in [3.05, 3.63) is 72.2 Å². The molecule has 0 fully saturated rings. The van der Waals surface area contributed by atoms with Crippen molar-refractivity contribution in [1.82, 2.24) is 24.6 Å². The Morgan fingerprint density at radius 2 is 1.96 bits per heavy atom. The summed E-state index contributed by atoms with van der Waals surface area (Å²) in [5.41, 5.74) is 4.10. The first-order chi connectivity index (χ1) is 13.1. The van der Waals surface area contributed by atoms with Crippen molar-refractivity contribution in [2.45, 2.75) is 20.0 Å². The van der Waals surface area contributed by atoms with Crippen LogP contribution in [-0.4, -0.2) is 25.2 Å². The molecule has 0 aliphatic heterocycles. The molecule has 4 aromatic rings. The van der Waals surface area contributed by atoms with Gasteiger partial charge in [-0.1, -0.05) is 42.0 Å². The van der Waals surface area contributed by atoms with Gasteiger partial charge in [0.05, 0.1) is 17.8 Å². The van der Waals surface area contributed by atoms with Gasteiger partial charge in [0, 0.05) is 30.4 Å². The van der Waals surface area contributed by atoms with Crippen molar-refractivity contribution in [3.8, 4) is 11.4 Å². The standard InChI is InChI=1S/C21H21N5O/c1-15-8-9-19-17(12-15)18(24-25(19)2)13-23-20(27)14-26-11-10-22-21(26)16-6-4-3-5-7-16/h3-12H,13-14H2,1-2H3,(H,23,27). The van der Waals surface area contributed by atoms with Crippen molar-refractivity contribution in [2.75, 3.05) is 0 Å². The van der Waals surface area contributed by atoms with Gasteiger partial charge in [-0.25, -0.2) is 4.98 Å². The molecule has 0 saturated carbocycles. The summed E-state index contributed by atoms with van der Waals surface area (Å²) in [7, 11) is 1.92. The summed E-state index contributed by atoms with van der Waals surface area (Å²) in [6.45, 7) is 2.67. The molecule has 2 aromatic carbocycles. The van der Waals surface area contributed by atoms with Gasteiger partial charge in [0.15, 0.2) is 0 Å². The highest BCUT2D eigenvalue weighted by Gasteiger charge is 2.12. The van der Waals surface area contributed by atoms with Crippen LogP contribution in [0.1, 0.15) is 11.3 Å². The Balaban J connectivity index is 1.47. The van der Waals surface area contributed by atoms with E-state index in [-0.39, 0.29) is 12.5 Å². The van der Waals surface area contributed by atoms with Crippen LogP contribution in [0.15, 0.2) is 60.9 Å². The minimum atomic E-state index is -0.0726. The van der Waals surface area contributed by atoms with Crippen molar-refractivity contribution in [3.63, 3.8) is 0 Å². The number of nitrogens with zero attached hydrogens (tertiary/aromatic N) is 4. The lowest BCUT2D eigenvalue weighted by atomic mass is 10.1. The second-order valence-electron chi connectivity index (χ2n) is 6.61. The van der Waals surface area contributed by atoms with E-state index in [4.69, 9.17) is 0 Å². The molecule has 0 aliphatic rings.